The minimum absolute atomic E-state index is 0.0150. The maximum Gasteiger partial charge on any atom is 0.290 e. The number of nitrogens with zero attached hydrogens (tertiary/aromatic N) is 8. The molecule has 0 aliphatic carbocycles. The van der Waals surface area contributed by atoms with E-state index in [9.17, 15) is 15.3 Å². The van der Waals surface area contributed by atoms with Crippen LogP contribution >= 0.6 is 0 Å². The van der Waals surface area contributed by atoms with Crippen LogP contribution in [-0.2, 0) is 0 Å². The molecule has 0 fully saturated rings. The predicted molar refractivity (Wildman–Crippen MR) is 50.1 cm³/mol. The molecule has 18 heavy (non-hydrogen) atoms. The van der Waals surface area contributed by atoms with E-state index >= 15 is 0 Å². The summed E-state index contributed by atoms with van der Waals surface area (Å²) in [5.41, 5.74) is 1.48. The van der Waals surface area contributed by atoms with E-state index in [1.54, 1.807) is 5.43 Å². The van der Waals surface area contributed by atoms with E-state index in [2.05, 4.69) is 35.1 Å². The van der Waals surface area contributed by atoms with Crippen molar-refractivity contribution in [2.75, 3.05) is 5.43 Å². The molecule has 0 radical (unpaired) electrons. The molecule has 0 saturated heterocycles. The monoisotopic (exact) mass is 251 g/mol. The number of aromatic nitrogens is 7. The highest BCUT2D eigenvalue weighted by molar-refractivity contribution is 5.85. The number of hydrogen-bond acceptors (Lipinski definition) is 10. The van der Waals surface area contributed by atoms with Crippen molar-refractivity contribution in [1.29, 1.82) is 0 Å². The van der Waals surface area contributed by atoms with E-state index in [0.717, 1.165) is 0 Å². The Kier molecular flexibility index (Phi) is 1.86. The third kappa shape index (κ3) is 1.46. The van der Waals surface area contributed by atoms with Crippen LogP contribution in [0.5, 0.6) is 0 Å². The van der Waals surface area contributed by atoms with Gasteiger partial charge in [-0.2, -0.15) is 4.98 Å². The van der Waals surface area contributed by atoms with E-state index in [-0.39, 0.29) is 27.4 Å². The number of hydrazine groups is 1. The summed E-state index contributed by atoms with van der Waals surface area (Å²) in [7, 11) is 0. The van der Waals surface area contributed by atoms with Crippen LogP contribution in [0.2, 0.25) is 0 Å². The number of rotatable bonds is 2. The molecule has 0 atom stereocenters. The number of nitrogens with one attached hydrogen (secondary N) is 1. The molecule has 3 aromatic heterocycles. The van der Waals surface area contributed by atoms with Crippen LogP contribution in [0.1, 0.15) is 0 Å². The molecular formula is C5HN9O4. The number of fused-ring (bicyclic) bond motifs is 2. The van der Waals surface area contributed by atoms with Gasteiger partial charge in [-0.3, -0.25) is 0 Å². The summed E-state index contributed by atoms with van der Waals surface area (Å²) in [5.74, 6) is -0.405. The molecule has 0 aromatic carbocycles. The third-order valence-corrected chi connectivity index (χ3v) is 1.88. The first-order chi connectivity index (χ1) is 8.63. The first kappa shape index (κ1) is 9.94. The minimum Gasteiger partial charge on any atom is -0.569 e. The summed E-state index contributed by atoms with van der Waals surface area (Å²) in [6.07, 6.45) is 0. The van der Waals surface area contributed by atoms with Gasteiger partial charge in [-0.1, -0.05) is 5.43 Å². The van der Waals surface area contributed by atoms with Gasteiger partial charge in [0.25, 0.3) is 11.5 Å². The SMILES string of the molecule is O=[N+]([O-])Nc1n[n+]([O-])nc2nc3nonc3nc12. The van der Waals surface area contributed by atoms with Gasteiger partial charge in [0.15, 0.2) is 10.5 Å². The van der Waals surface area contributed by atoms with E-state index in [0.29, 0.717) is 0 Å². The van der Waals surface area contributed by atoms with Crippen LogP contribution < -0.4 is 10.4 Å². The second-order valence-corrected chi connectivity index (χ2v) is 2.98. The summed E-state index contributed by atoms with van der Waals surface area (Å²) < 4.78 is 4.37. The van der Waals surface area contributed by atoms with Gasteiger partial charge >= 0.3 is 0 Å². The van der Waals surface area contributed by atoms with Crippen molar-refractivity contribution in [2.45, 2.75) is 0 Å². The molecule has 90 valence electrons. The van der Waals surface area contributed by atoms with E-state index < -0.39 is 10.9 Å². The Hall–Kier alpha value is -3.25. The quantitative estimate of drug-likeness (QED) is 0.235. The van der Waals surface area contributed by atoms with E-state index in [1.807, 2.05) is 0 Å². The zero-order valence-electron chi connectivity index (χ0n) is 8.21. The van der Waals surface area contributed by atoms with Crippen LogP contribution in [0.4, 0.5) is 5.82 Å². The van der Waals surface area contributed by atoms with Gasteiger partial charge in [0.1, 0.15) is 0 Å². The molecule has 3 heterocycles. The van der Waals surface area contributed by atoms with Crippen molar-refractivity contribution >= 4 is 28.3 Å². The fraction of sp³-hybridized carbons (Fsp3) is 0. The Morgan fingerprint density at radius 1 is 1.17 bits per heavy atom. The van der Waals surface area contributed by atoms with Crippen molar-refractivity contribution in [3.63, 3.8) is 0 Å². The van der Waals surface area contributed by atoms with Crippen LogP contribution in [-0.4, -0.2) is 35.5 Å². The Labute approximate surface area is 95.1 Å². The highest BCUT2D eigenvalue weighted by Gasteiger charge is 2.19. The normalized spacial score (nSPS) is 10.9. The lowest BCUT2D eigenvalue weighted by molar-refractivity contribution is -0.725. The van der Waals surface area contributed by atoms with Crippen LogP contribution in [0.25, 0.3) is 22.5 Å². The maximum atomic E-state index is 11.1. The highest BCUT2D eigenvalue weighted by atomic mass is 16.7. The molecule has 0 amide bonds. The number of anilines is 1. The molecule has 0 aliphatic heterocycles. The van der Waals surface area contributed by atoms with E-state index in [4.69, 9.17) is 0 Å². The van der Waals surface area contributed by atoms with Gasteiger partial charge in [0, 0.05) is 0 Å². The van der Waals surface area contributed by atoms with Gasteiger partial charge in [-0.25, -0.2) is 19.7 Å². The summed E-state index contributed by atoms with van der Waals surface area (Å²) in [5, 5.41) is 34.0. The average Bonchev–Trinajstić information content (AvgIpc) is 2.72. The van der Waals surface area contributed by atoms with Gasteiger partial charge in [0.05, 0.1) is 15.2 Å². The maximum absolute atomic E-state index is 11.1. The molecule has 13 heteroatoms. The standard InChI is InChI=1S/C5HN9O4/c15-13-8-2-1(3(9-13)10-14(16)17)6-4-5(7-2)12-18-11-4/h(H,7,8,9,10,12). The Morgan fingerprint density at radius 3 is 2.61 bits per heavy atom. The van der Waals surface area contributed by atoms with Gasteiger partial charge in [0.2, 0.25) is 11.3 Å². The van der Waals surface area contributed by atoms with Crippen molar-refractivity contribution < 1.29 is 14.6 Å². The highest BCUT2D eigenvalue weighted by Crippen LogP contribution is 2.15. The summed E-state index contributed by atoms with van der Waals surface area (Å²) >= 11 is 0. The molecule has 0 saturated carbocycles. The predicted octanol–water partition coefficient (Wildman–Crippen LogP) is -1.81. The van der Waals surface area contributed by atoms with Gasteiger partial charge in [-0.05, 0) is 10.3 Å². The lowest BCUT2D eigenvalue weighted by Gasteiger charge is -1.97. The van der Waals surface area contributed by atoms with Crippen molar-refractivity contribution in [2.24, 2.45) is 0 Å². The number of nitro groups is 1. The topological polar surface area (TPSA) is 173 Å². The van der Waals surface area contributed by atoms with Crippen molar-refractivity contribution in [1.82, 2.24) is 30.5 Å². The van der Waals surface area contributed by atoms with E-state index in [1.165, 1.54) is 0 Å². The smallest absolute Gasteiger partial charge is 0.290 e. The van der Waals surface area contributed by atoms with Crippen LogP contribution in [0.15, 0.2) is 4.63 Å². The van der Waals surface area contributed by atoms with Gasteiger partial charge in [-0.15, -0.1) is 0 Å². The molecule has 1 N–H and O–H groups in total. The minimum atomic E-state index is -0.894. The summed E-state index contributed by atoms with van der Waals surface area (Å²) in [4.78, 5) is 17.9. The molecule has 0 spiro atoms. The van der Waals surface area contributed by atoms with Gasteiger partial charge < -0.3 is 5.21 Å². The van der Waals surface area contributed by atoms with Crippen molar-refractivity contribution in [3.8, 4) is 0 Å². The van der Waals surface area contributed by atoms with Crippen LogP contribution in [0.3, 0.4) is 0 Å². The molecular weight excluding hydrogens is 250 g/mol. The van der Waals surface area contributed by atoms with Crippen molar-refractivity contribution in [3.05, 3.63) is 15.3 Å². The fourth-order valence-corrected chi connectivity index (χ4v) is 1.26. The lowest BCUT2D eigenvalue weighted by atomic mass is 10.5. The summed E-state index contributed by atoms with van der Waals surface area (Å²) in [6, 6.07) is 0. The van der Waals surface area contributed by atoms with Crippen LogP contribution in [0, 0.1) is 15.3 Å². The Morgan fingerprint density at radius 2 is 1.89 bits per heavy atom. The Bertz CT molecular complexity index is 768. The third-order valence-electron chi connectivity index (χ3n) is 1.88. The average molecular weight is 251 g/mol. The molecule has 3 aromatic rings. The first-order valence-electron chi connectivity index (χ1n) is 4.33. The second-order valence-electron chi connectivity index (χ2n) is 2.98. The second kappa shape index (κ2) is 3.37. The first-order valence-corrected chi connectivity index (χ1v) is 4.33. The molecule has 0 aliphatic rings. The number of hydrogen-bond donors (Lipinski definition) is 1. The zero-order chi connectivity index (χ0) is 12.7. The fourth-order valence-electron chi connectivity index (χ4n) is 1.26. The molecule has 3 rings (SSSR count). The largest absolute Gasteiger partial charge is 0.569 e. The molecule has 13 nitrogen and oxygen atoms in total. The molecule has 0 unspecified atom stereocenters. The lowest BCUT2D eigenvalue weighted by Crippen LogP contribution is -2.37. The Balaban J connectivity index is 2.35. The zero-order valence-corrected chi connectivity index (χ0v) is 8.21. The molecule has 0 bridgehead atoms. The summed E-state index contributed by atoms with van der Waals surface area (Å²) in [6.45, 7) is 0.